The predicted octanol–water partition coefficient (Wildman–Crippen LogP) is 2.59. The Morgan fingerprint density at radius 2 is 1.89 bits per heavy atom. The summed E-state index contributed by atoms with van der Waals surface area (Å²) >= 11 is 0. The second kappa shape index (κ2) is 5.16. The van der Waals surface area contributed by atoms with Crippen LogP contribution in [0.15, 0.2) is 18.2 Å². The molecule has 0 amide bonds. The van der Waals surface area contributed by atoms with Gasteiger partial charge in [0, 0.05) is 0 Å². The first-order valence-corrected chi connectivity index (χ1v) is 4.85. The SMILES string of the molecule is CCOC(=O)C(=O)c1cc(C(F)(F)F)ccc1F. The largest absolute Gasteiger partial charge is 0.460 e. The van der Waals surface area contributed by atoms with E-state index < -0.39 is 34.9 Å². The Hall–Kier alpha value is -1.92. The molecule has 1 aromatic rings. The molecule has 1 aromatic carbocycles. The third-order valence-electron chi connectivity index (χ3n) is 2.00. The normalized spacial score (nSPS) is 11.2. The van der Waals surface area contributed by atoms with Crippen LogP contribution in [0.25, 0.3) is 0 Å². The Bertz CT molecular complexity index is 480. The van der Waals surface area contributed by atoms with Crippen molar-refractivity contribution in [2.45, 2.75) is 13.1 Å². The summed E-state index contributed by atoms with van der Waals surface area (Å²) in [7, 11) is 0. The molecule has 0 aliphatic carbocycles. The third-order valence-corrected chi connectivity index (χ3v) is 2.00. The molecule has 0 N–H and O–H groups in total. The van der Waals surface area contributed by atoms with Gasteiger partial charge in [0.1, 0.15) is 5.82 Å². The van der Waals surface area contributed by atoms with E-state index in [9.17, 15) is 27.2 Å². The molecule has 0 aliphatic rings. The zero-order valence-corrected chi connectivity index (χ0v) is 9.18. The average molecular weight is 264 g/mol. The van der Waals surface area contributed by atoms with Crippen LogP contribution in [-0.4, -0.2) is 18.4 Å². The number of hydrogen-bond acceptors (Lipinski definition) is 3. The first-order valence-electron chi connectivity index (χ1n) is 4.85. The minimum Gasteiger partial charge on any atom is -0.460 e. The van der Waals surface area contributed by atoms with E-state index in [2.05, 4.69) is 4.74 Å². The molecule has 7 heteroatoms. The summed E-state index contributed by atoms with van der Waals surface area (Å²) in [5.41, 5.74) is -2.17. The minimum atomic E-state index is -4.72. The summed E-state index contributed by atoms with van der Waals surface area (Å²) in [6, 6.07) is 1.25. The van der Waals surface area contributed by atoms with Crippen molar-refractivity contribution in [1.29, 1.82) is 0 Å². The maximum Gasteiger partial charge on any atom is 0.416 e. The zero-order chi connectivity index (χ0) is 13.9. The summed E-state index contributed by atoms with van der Waals surface area (Å²) in [4.78, 5) is 22.4. The van der Waals surface area contributed by atoms with E-state index >= 15 is 0 Å². The highest BCUT2D eigenvalue weighted by atomic mass is 19.4. The molecule has 0 spiro atoms. The molecule has 0 bridgehead atoms. The predicted molar refractivity (Wildman–Crippen MR) is 52.4 cm³/mol. The lowest BCUT2D eigenvalue weighted by atomic mass is 10.1. The molecule has 1 rings (SSSR count). The molecule has 0 heterocycles. The van der Waals surface area contributed by atoms with Gasteiger partial charge in [-0.3, -0.25) is 4.79 Å². The van der Waals surface area contributed by atoms with E-state index in [1.807, 2.05) is 0 Å². The van der Waals surface area contributed by atoms with Crippen LogP contribution in [0.2, 0.25) is 0 Å². The second-order valence-corrected chi connectivity index (χ2v) is 3.24. The number of hydrogen-bond donors (Lipinski definition) is 0. The lowest BCUT2D eigenvalue weighted by molar-refractivity contribution is -0.139. The van der Waals surface area contributed by atoms with Gasteiger partial charge in [0.05, 0.1) is 17.7 Å². The molecule has 3 nitrogen and oxygen atoms in total. The highest BCUT2D eigenvalue weighted by Crippen LogP contribution is 2.30. The van der Waals surface area contributed by atoms with Crippen molar-refractivity contribution in [3.63, 3.8) is 0 Å². The number of halogens is 4. The first kappa shape index (κ1) is 14.1. The number of carbonyl (C=O) groups is 2. The highest BCUT2D eigenvalue weighted by molar-refractivity contribution is 6.40. The van der Waals surface area contributed by atoms with Crippen LogP contribution in [0.1, 0.15) is 22.8 Å². The Labute approximate surface area is 99.4 Å². The molecular formula is C11H8F4O3. The summed E-state index contributed by atoms with van der Waals surface area (Å²) in [5.74, 6) is -4.04. The van der Waals surface area contributed by atoms with Gasteiger partial charge in [0.15, 0.2) is 0 Å². The maximum atomic E-state index is 13.2. The average Bonchev–Trinajstić information content (AvgIpc) is 2.27. The van der Waals surface area contributed by atoms with Crippen molar-refractivity contribution in [1.82, 2.24) is 0 Å². The van der Waals surface area contributed by atoms with Gasteiger partial charge in [0.25, 0.3) is 5.78 Å². The second-order valence-electron chi connectivity index (χ2n) is 3.24. The molecule has 0 saturated heterocycles. The number of carbonyl (C=O) groups excluding carboxylic acids is 2. The van der Waals surface area contributed by atoms with Crippen molar-refractivity contribution in [3.8, 4) is 0 Å². The molecule has 0 atom stereocenters. The van der Waals surface area contributed by atoms with E-state index in [-0.39, 0.29) is 12.7 Å². The Balaban J connectivity index is 3.16. The van der Waals surface area contributed by atoms with Crippen LogP contribution < -0.4 is 0 Å². The van der Waals surface area contributed by atoms with Crippen LogP contribution >= 0.6 is 0 Å². The van der Waals surface area contributed by atoms with Crippen LogP contribution in [0.4, 0.5) is 17.6 Å². The molecular weight excluding hydrogens is 256 g/mol. The molecule has 0 aromatic heterocycles. The highest BCUT2D eigenvalue weighted by Gasteiger charge is 2.33. The number of esters is 1. The summed E-state index contributed by atoms with van der Waals surface area (Å²) in [6.07, 6.45) is -4.72. The quantitative estimate of drug-likeness (QED) is 0.365. The lowest BCUT2D eigenvalue weighted by Crippen LogP contribution is -2.19. The van der Waals surface area contributed by atoms with Crippen LogP contribution in [0, 0.1) is 5.82 Å². The molecule has 0 fully saturated rings. The standard InChI is InChI=1S/C11H8F4O3/c1-2-18-10(17)9(16)7-5-6(11(13,14)15)3-4-8(7)12/h3-5H,2H2,1H3. The topological polar surface area (TPSA) is 43.4 Å². The van der Waals surface area contributed by atoms with Crippen molar-refractivity contribution >= 4 is 11.8 Å². The number of ether oxygens (including phenoxy) is 1. The fraction of sp³-hybridized carbons (Fsp3) is 0.273. The summed E-state index contributed by atoms with van der Waals surface area (Å²) in [6.45, 7) is 1.28. The van der Waals surface area contributed by atoms with E-state index in [1.54, 1.807) is 0 Å². The Morgan fingerprint density at radius 3 is 2.39 bits per heavy atom. The van der Waals surface area contributed by atoms with Crippen molar-refractivity contribution < 1.29 is 31.9 Å². The zero-order valence-electron chi connectivity index (χ0n) is 9.18. The van der Waals surface area contributed by atoms with Gasteiger partial charge in [-0.15, -0.1) is 0 Å². The molecule has 18 heavy (non-hydrogen) atoms. The fourth-order valence-electron chi connectivity index (χ4n) is 1.18. The molecule has 0 radical (unpaired) electrons. The van der Waals surface area contributed by atoms with Crippen LogP contribution in [0.5, 0.6) is 0 Å². The molecule has 0 unspecified atom stereocenters. The smallest absolute Gasteiger partial charge is 0.416 e. The summed E-state index contributed by atoms with van der Waals surface area (Å²) in [5, 5.41) is 0. The van der Waals surface area contributed by atoms with Gasteiger partial charge in [-0.2, -0.15) is 13.2 Å². The van der Waals surface area contributed by atoms with Gasteiger partial charge in [-0.1, -0.05) is 0 Å². The third kappa shape index (κ3) is 3.06. The van der Waals surface area contributed by atoms with E-state index in [0.29, 0.717) is 12.1 Å². The number of benzene rings is 1. The van der Waals surface area contributed by atoms with Crippen molar-refractivity contribution in [2.75, 3.05) is 6.61 Å². The fourth-order valence-corrected chi connectivity index (χ4v) is 1.18. The van der Waals surface area contributed by atoms with E-state index in [4.69, 9.17) is 0 Å². The maximum absolute atomic E-state index is 13.2. The minimum absolute atomic E-state index is 0.134. The monoisotopic (exact) mass is 264 g/mol. The number of rotatable bonds is 3. The van der Waals surface area contributed by atoms with Gasteiger partial charge in [-0.05, 0) is 25.1 Å². The lowest BCUT2D eigenvalue weighted by Gasteiger charge is -2.08. The number of Topliss-reactive ketones (excluding diaryl/α,β-unsaturated/α-hetero) is 1. The number of alkyl halides is 3. The number of ketones is 1. The van der Waals surface area contributed by atoms with E-state index in [1.165, 1.54) is 6.92 Å². The molecule has 98 valence electrons. The Morgan fingerprint density at radius 1 is 1.28 bits per heavy atom. The van der Waals surface area contributed by atoms with Gasteiger partial charge in [-0.25, -0.2) is 9.18 Å². The van der Waals surface area contributed by atoms with Crippen LogP contribution in [0.3, 0.4) is 0 Å². The van der Waals surface area contributed by atoms with Gasteiger partial charge < -0.3 is 4.74 Å². The molecule has 0 saturated carbocycles. The van der Waals surface area contributed by atoms with Crippen LogP contribution in [-0.2, 0) is 15.7 Å². The van der Waals surface area contributed by atoms with Gasteiger partial charge >= 0.3 is 12.1 Å². The van der Waals surface area contributed by atoms with Crippen molar-refractivity contribution in [2.24, 2.45) is 0 Å². The van der Waals surface area contributed by atoms with Crippen molar-refractivity contribution in [3.05, 3.63) is 35.1 Å². The van der Waals surface area contributed by atoms with E-state index in [0.717, 1.165) is 0 Å². The summed E-state index contributed by atoms with van der Waals surface area (Å²) < 4.78 is 54.6. The first-order chi connectivity index (χ1) is 8.27. The molecule has 0 aliphatic heterocycles. The Kier molecular flexibility index (Phi) is 4.05. The van der Waals surface area contributed by atoms with Gasteiger partial charge in [0.2, 0.25) is 0 Å².